The number of ether oxygens (including phenoxy) is 1. The van der Waals surface area contributed by atoms with E-state index < -0.39 is 0 Å². The molecule has 1 N–H and O–H groups in total. The lowest BCUT2D eigenvalue weighted by atomic mass is 9.85. The summed E-state index contributed by atoms with van der Waals surface area (Å²) in [6.07, 6.45) is 4.47. The van der Waals surface area contributed by atoms with E-state index in [0.29, 0.717) is 18.4 Å². The van der Waals surface area contributed by atoms with Gasteiger partial charge in [0.05, 0.1) is 6.61 Å². The zero-order valence-electron chi connectivity index (χ0n) is 10.6. The fourth-order valence-electron chi connectivity index (χ4n) is 2.21. The molecule has 0 aromatic heterocycles. The average Bonchev–Trinajstić information content (AvgIpc) is 2.30. The Balaban J connectivity index is 2.49. The molecule has 92 valence electrons. The van der Waals surface area contributed by atoms with E-state index in [1.54, 1.807) is 0 Å². The molecule has 16 heavy (non-hydrogen) atoms. The molecule has 0 bridgehead atoms. The molecule has 0 aromatic carbocycles. The van der Waals surface area contributed by atoms with Gasteiger partial charge in [0.2, 0.25) is 0 Å². The van der Waals surface area contributed by atoms with Crippen LogP contribution >= 0.6 is 0 Å². The Kier molecular flexibility index (Phi) is 5.53. The summed E-state index contributed by atoms with van der Waals surface area (Å²) in [7, 11) is 0. The topological polar surface area (TPSA) is 38.3 Å². The van der Waals surface area contributed by atoms with Crippen molar-refractivity contribution in [3.63, 3.8) is 0 Å². The van der Waals surface area contributed by atoms with Gasteiger partial charge in [-0.05, 0) is 51.6 Å². The zero-order valence-corrected chi connectivity index (χ0v) is 10.6. The molecule has 1 unspecified atom stereocenters. The minimum atomic E-state index is -0.178. The summed E-state index contributed by atoms with van der Waals surface area (Å²) in [5.74, 6) is 0.986. The zero-order chi connectivity index (χ0) is 12.0. The summed E-state index contributed by atoms with van der Waals surface area (Å²) >= 11 is 0. The second-order valence-corrected chi connectivity index (χ2v) is 4.52. The number of rotatable bonds is 4. The highest BCUT2D eigenvalue weighted by molar-refractivity contribution is 5.87. The van der Waals surface area contributed by atoms with Crippen LogP contribution in [0.2, 0.25) is 0 Å². The fraction of sp³-hybridized carbons (Fsp3) is 0.769. The van der Waals surface area contributed by atoms with Crippen LogP contribution in [-0.2, 0) is 9.53 Å². The smallest absolute Gasteiger partial charge is 0.333 e. The Bertz CT molecular complexity index is 255. The minimum absolute atomic E-state index is 0.178. The van der Waals surface area contributed by atoms with Crippen LogP contribution in [0.3, 0.4) is 0 Å². The van der Waals surface area contributed by atoms with E-state index in [1.165, 1.54) is 12.8 Å². The number of esters is 1. The molecule has 0 saturated carbocycles. The lowest BCUT2D eigenvalue weighted by molar-refractivity contribution is -0.138. The number of carbonyl (C=O) groups is 1. The number of carbonyl (C=O) groups excluding carboxylic acids is 1. The van der Waals surface area contributed by atoms with E-state index in [9.17, 15) is 4.79 Å². The van der Waals surface area contributed by atoms with Gasteiger partial charge in [-0.3, -0.25) is 0 Å². The van der Waals surface area contributed by atoms with E-state index >= 15 is 0 Å². The maximum Gasteiger partial charge on any atom is 0.333 e. The quantitative estimate of drug-likeness (QED) is 0.588. The molecule has 1 aliphatic rings. The summed E-state index contributed by atoms with van der Waals surface area (Å²) in [6, 6.07) is 0. The van der Waals surface area contributed by atoms with Crippen LogP contribution < -0.4 is 5.32 Å². The summed E-state index contributed by atoms with van der Waals surface area (Å²) in [5, 5.41) is 3.35. The van der Waals surface area contributed by atoms with E-state index in [2.05, 4.69) is 18.3 Å². The van der Waals surface area contributed by atoms with Gasteiger partial charge in [0, 0.05) is 5.57 Å². The largest absolute Gasteiger partial charge is 0.463 e. The lowest BCUT2D eigenvalue weighted by Gasteiger charge is -2.26. The van der Waals surface area contributed by atoms with E-state index in [-0.39, 0.29) is 5.97 Å². The molecule has 3 nitrogen and oxygen atoms in total. The summed E-state index contributed by atoms with van der Waals surface area (Å²) < 4.78 is 4.97. The third kappa shape index (κ3) is 3.97. The van der Waals surface area contributed by atoms with Crippen molar-refractivity contribution in [3.05, 3.63) is 11.6 Å². The lowest BCUT2D eigenvalue weighted by Crippen LogP contribution is -2.30. The predicted molar refractivity (Wildman–Crippen MR) is 65.1 cm³/mol. The van der Waals surface area contributed by atoms with Crippen molar-refractivity contribution < 1.29 is 9.53 Å². The van der Waals surface area contributed by atoms with Crippen LogP contribution in [0.5, 0.6) is 0 Å². The second kappa shape index (κ2) is 6.69. The van der Waals surface area contributed by atoms with Crippen molar-refractivity contribution in [2.75, 3.05) is 19.7 Å². The second-order valence-electron chi connectivity index (χ2n) is 4.52. The van der Waals surface area contributed by atoms with Crippen LogP contribution in [0.1, 0.15) is 33.6 Å². The highest BCUT2D eigenvalue weighted by atomic mass is 16.5. The highest BCUT2D eigenvalue weighted by Gasteiger charge is 2.19. The molecule has 0 radical (unpaired) electrons. The first-order valence-corrected chi connectivity index (χ1v) is 6.21. The molecule has 1 heterocycles. The molecule has 0 spiro atoms. The van der Waals surface area contributed by atoms with Crippen molar-refractivity contribution in [1.29, 1.82) is 0 Å². The number of piperidine rings is 1. The van der Waals surface area contributed by atoms with E-state index in [4.69, 9.17) is 4.74 Å². The predicted octanol–water partition coefficient (Wildman–Crippen LogP) is 2.13. The summed E-state index contributed by atoms with van der Waals surface area (Å²) in [5.41, 5.74) is 0.743. The van der Waals surface area contributed by atoms with Crippen molar-refractivity contribution in [1.82, 2.24) is 5.32 Å². The van der Waals surface area contributed by atoms with Gasteiger partial charge in [-0.15, -0.1) is 0 Å². The molecule has 0 aliphatic carbocycles. The first kappa shape index (κ1) is 13.2. The highest BCUT2D eigenvalue weighted by Crippen LogP contribution is 2.23. The molecule has 1 fully saturated rings. The molecule has 1 atom stereocenters. The SMILES string of the molecule is CCOC(=O)C(C)=CC(C)C1CCNCC1. The fourth-order valence-corrected chi connectivity index (χ4v) is 2.21. The minimum Gasteiger partial charge on any atom is -0.463 e. The number of nitrogens with one attached hydrogen (secondary N) is 1. The third-order valence-electron chi connectivity index (χ3n) is 3.24. The molecule has 3 heteroatoms. The van der Waals surface area contributed by atoms with Gasteiger partial charge in [-0.1, -0.05) is 13.0 Å². The first-order chi connectivity index (χ1) is 7.65. The number of hydrogen-bond acceptors (Lipinski definition) is 3. The standard InChI is InChI=1S/C13H23NO2/c1-4-16-13(15)11(3)9-10(2)12-5-7-14-8-6-12/h9-10,12,14H,4-8H2,1-3H3. The molecule has 1 rings (SSSR count). The normalized spacial score (nSPS) is 20.6. The van der Waals surface area contributed by atoms with Crippen LogP contribution in [0.25, 0.3) is 0 Å². The Hall–Kier alpha value is -0.830. The van der Waals surface area contributed by atoms with E-state index in [1.807, 2.05) is 13.8 Å². The number of allylic oxidation sites excluding steroid dienone is 1. The van der Waals surface area contributed by atoms with Gasteiger partial charge >= 0.3 is 5.97 Å². The van der Waals surface area contributed by atoms with Crippen molar-refractivity contribution in [2.24, 2.45) is 11.8 Å². The first-order valence-electron chi connectivity index (χ1n) is 6.21. The van der Waals surface area contributed by atoms with Crippen molar-refractivity contribution >= 4 is 5.97 Å². The molecular formula is C13H23NO2. The molecule has 1 aliphatic heterocycles. The number of hydrogen-bond donors (Lipinski definition) is 1. The van der Waals surface area contributed by atoms with Gasteiger partial charge in [-0.25, -0.2) is 4.79 Å². The maximum absolute atomic E-state index is 11.5. The Labute approximate surface area is 98.2 Å². The molecule has 0 aromatic rings. The summed E-state index contributed by atoms with van der Waals surface area (Å²) in [4.78, 5) is 11.5. The molecule has 1 saturated heterocycles. The third-order valence-corrected chi connectivity index (χ3v) is 3.24. The Morgan fingerprint density at radius 1 is 1.50 bits per heavy atom. The van der Waals surface area contributed by atoms with Gasteiger partial charge in [0.15, 0.2) is 0 Å². The van der Waals surface area contributed by atoms with Gasteiger partial charge in [0.25, 0.3) is 0 Å². The molecule has 0 amide bonds. The van der Waals surface area contributed by atoms with Gasteiger partial charge < -0.3 is 10.1 Å². The molecular weight excluding hydrogens is 202 g/mol. The van der Waals surface area contributed by atoms with Crippen LogP contribution in [-0.4, -0.2) is 25.7 Å². The van der Waals surface area contributed by atoms with Gasteiger partial charge in [0.1, 0.15) is 0 Å². The average molecular weight is 225 g/mol. The van der Waals surface area contributed by atoms with Crippen LogP contribution in [0.15, 0.2) is 11.6 Å². The van der Waals surface area contributed by atoms with E-state index in [0.717, 1.165) is 18.7 Å². The van der Waals surface area contributed by atoms with Gasteiger partial charge in [-0.2, -0.15) is 0 Å². The van der Waals surface area contributed by atoms with Crippen molar-refractivity contribution in [2.45, 2.75) is 33.6 Å². The monoisotopic (exact) mass is 225 g/mol. The summed E-state index contributed by atoms with van der Waals surface area (Å²) in [6.45, 7) is 8.52. The van der Waals surface area contributed by atoms with Crippen LogP contribution in [0, 0.1) is 11.8 Å². The van der Waals surface area contributed by atoms with Crippen molar-refractivity contribution in [3.8, 4) is 0 Å². The maximum atomic E-state index is 11.5. The van der Waals surface area contributed by atoms with Crippen LogP contribution in [0.4, 0.5) is 0 Å². The Morgan fingerprint density at radius 3 is 2.69 bits per heavy atom. The Morgan fingerprint density at radius 2 is 2.12 bits per heavy atom.